The van der Waals surface area contributed by atoms with Crippen LogP contribution in [0.1, 0.15) is 18.9 Å². The molecule has 0 aromatic heterocycles. The highest BCUT2D eigenvalue weighted by atomic mass is 79.9. The van der Waals surface area contributed by atoms with Gasteiger partial charge in [0.1, 0.15) is 0 Å². The van der Waals surface area contributed by atoms with Gasteiger partial charge in [-0.15, -0.1) is 0 Å². The normalized spacial score (nSPS) is 12.1. The maximum atomic E-state index is 3.52. The van der Waals surface area contributed by atoms with Gasteiger partial charge >= 0.3 is 0 Å². The van der Waals surface area contributed by atoms with Crippen LogP contribution < -0.4 is 5.32 Å². The predicted octanol–water partition coefficient (Wildman–Crippen LogP) is 4.88. The third kappa shape index (κ3) is 4.19. The summed E-state index contributed by atoms with van der Waals surface area (Å²) >= 11 is 3.45. The number of hydrogen-bond acceptors (Lipinski definition) is 1. The van der Waals surface area contributed by atoms with Crippen LogP contribution in [0.5, 0.6) is 0 Å². The zero-order chi connectivity index (χ0) is 12.8. The van der Waals surface area contributed by atoms with Crippen molar-refractivity contribution in [3.8, 4) is 0 Å². The minimum absolute atomic E-state index is 0.478. The minimum atomic E-state index is 0.478. The number of rotatable bonds is 5. The molecule has 0 saturated heterocycles. The zero-order valence-corrected chi connectivity index (χ0v) is 12.2. The van der Waals surface area contributed by atoms with Crippen molar-refractivity contribution in [1.29, 1.82) is 0 Å². The van der Waals surface area contributed by atoms with Gasteiger partial charge in [0.05, 0.1) is 0 Å². The summed E-state index contributed by atoms with van der Waals surface area (Å²) in [5.74, 6) is 0. The van der Waals surface area contributed by atoms with Gasteiger partial charge in [-0.05, 0) is 49.6 Å². The van der Waals surface area contributed by atoms with Gasteiger partial charge in [-0.2, -0.15) is 0 Å². The molecule has 2 heteroatoms. The molecular weight excluding hydrogens is 286 g/mol. The Hall–Kier alpha value is -1.28. The molecule has 2 aromatic rings. The summed E-state index contributed by atoms with van der Waals surface area (Å²) in [4.78, 5) is 0. The van der Waals surface area contributed by atoms with Gasteiger partial charge in [0.15, 0.2) is 0 Å². The van der Waals surface area contributed by atoms with Crippen LogP contribution in [0.15, 0.2) is 59.1 Å². The van der Waals surface area contributed by atoms with E-state index in [1.165, 1.54) is 11.3 Å². The molecule has 0 fully saturated rings. The second-order valence-corrected chi connectivity index (χ2v) is 5.49. The number of anilines is 1. The third-order valence-electron chi connectivity index (χ3n) is 2.97. The first-order valence-electron chi connectivity index (χ1n) is 6.30. The Morgan fingerprint density at radius 1 is 1.00 bits per heavy atom. The van der Waals surface area contributed by atoms with Gasteiger partial charge in [0.25, 0.3) is 0 Å². The summed E-state index contributed by atoms with van der Waals surface area (Å²) in [5.41, 5.74) is 2.58. The van der Waals surface area contributed by atoms with Gasteiger partial charge in [-0.25, -0.2) is 0 Å². The molecule has 2 rings (SSSR count). The first-order chi connectivity index (χ1) is 8.74. The quantitative estimate of drug-likeness (QED) is 0.830. The average molecular weight is 304 g/mol. The molecule has 0 spiro atoms. The highest BCUT2D eigenvalue weighted by molar-refractivity contribution is 9.10. The largest absolute Gasteiger partial charge is 0.383 e. The van der Waals surface area contributed by atoms with E-state index in [2.05, 4.69) is 82.8 Å². The molecule has 0 aliphatic heterocycles. The molecule has 0 aliphatic carbocycles. The highest BCUT2D eigenvalue weighted by Gasteiger charge is 2.02. The zero-order valence-electron chi connectivity index (χ0n) is 10.6. The second kappa shape index (κ2) is 6.60. The van der Waals surface area contributed by atoms with Crippen LogP contribution in [0.4, 0.5) is 5.69 Å². The van der Waals surface area contributed by atoms with Gasteiger partial charge in [-0.1, -0.05) is 46.3 Å². The number of hydrogen-bond donors (Lipinski definition) is 1. The van der Waals surface area contributed by atoms with E-state index in [0.717, 1.165) is 17.3 Å². The maximum Gasteiger partial charge on any atom is 0.0342 e. The van der Waals surface area contributed by atoms with Gasteiger partial charge in [0.2, 0.25) is 0 Å². The Morgan fingerprint density at radius 2 is 1.67 bits per heavy atom. The fourth-order valence-corrected chi connectivity index (χ4v) is 2.19. The summed E-state index contributed by atoms with van der Waals surface area (Å²) < 4.78 is 1.12. The van der Waals surface area contributed by atoms with E-state index in [0.29, 0.717) is 6.04 Å². The van der Waals surface area contributed by atoms with Gasteiger partial charge < -0.3 is 5.32 Å². The fraction of sp³-hybridized carbons (Fsp3) is 0.250. The second-order valence-electron chi connectivity index (χ2n) is 4.58. The molecule has 0 radical (unpaired) electrons. The Labute approximate surface area is 117 Å². The lowest BCUT2D eigenvalue weighted by atomic mass is 10.1. The number of halogens is 1. The molecule has 2 aromatic carbocycles. The van der Waals surface area contributed by atoms with Crippen molar-refractivity contribution in [3.63, 3.8) is 0 Å². The van der Waals surface area contributed by atoms with Crippen LogP contribution >= 0.6 is 15.9 Å². The first kappa shape index (κ1) is 13.2. The molecular formula is C16H18BrN. The molecule has 0 bridgehead atoms. The molecule has 0 aliphatic rings. The van der Waals surface area contributed by atoms with Crippen LogP contribution in [0, 0.1) is 0 Å². The topological polar surface area (TPSA) is 12.0 Å². The van der Waals surface area contributed by atoms with Crippen molar-refractivity contribution in [3.05, 3.63) is 64.6 Å². The van der Waals surface area contributed by atoms with Crippen molar-refractivity contribution < 1.29 is 0 Å². The summed E-state index contributed by atoms with van der Waals surface area (Å²) in [7, 11) is 0. The monoisotopic (exact) mass is 303 g/mol. The van der Waals surface area contributed by atoms with Crippen molar-refractivity contribution in [2.24, 2.45) is 0 Å². The lowest BCUT2D eigenvalue weighted by Crippen LogP contribution is -2.15. The Morgan fingerprint density at radius 3 is 2.33 bits per heavy atom. The summed E-state index contributed by atoms with van der Waals surface area (Å²) in [5, 5.41) is 3.52. The SMILES string of the molecule is CC(CCc1ccccc1)Nc1ccc(Br)cc1. The molecule has 0 saturated carbocycles. The molecule has 94 valence electrons. The van der Waals surface area contributed by atoms with E-state index in [1.54, 1.807) is 0 Å². The van der Waals surface area contributed by atoms with Crippen molar-refractivity contribution >= 4 is 21.6 Å². The average Bonchev–Trinajstić information content (AvgIpc) is 2.40. The van der Waals surface area contributed by atoms with Gasteiger partial charge in [-0.3, -0.25) is 0 Å². The van der Waals surface area contributed by atoms with E-state index in [1.807, 2.05) is 0 Å². The first-order valence-corrected chi connectivity index (χ1v) is 7.09. The van der Waals surface area contributed by atoms with E-state index in [-0.39, 0.29) is 0 Å². The molecule has 18 heavy (non-hydrogen) atoms. The lowest BCUT2D eigenvalue weighted by Gasteiger charge is -2.15. The van der Waals surface area contributed by atoms with E-state index >= 15 is 0 Å². The molecule has 0 heterocycles. The molecule has 1 atom stereocenters. The molecule has 1 unspecified atom stereocenters. The summed E-state index contributed by atoms with van der Waals surface area (Å²) in [6.45, 7) is 2.23. The van der Waals surface area contributed by atoms with Crippen LogP contribution in [-0.2, 0) is 6.42 Å². The number of aryl methyl sites for hydroxylation is 1. The van der Waals surface area contributed by atoms with Crippen LogP contribution in [0.2, 0.25) is 0 Å². The fourth-order valence-electron chi connectivity index (χ4n) is 1.93. The molecule has 0 amide bonds. The third-order valence-corrected chi connectivity index (χ3v) is 3.49. The van der Waals surface area contributed by atoms with Crippen molar-refractivity contribution in [1.82, 2.24) is 0 Å². The van der Waals surface area contributed by atoms with Crippen LogP contribution in [-0.4, -0.2) is 6.04 Å². The number of nitrogens with one attached hydrogen (secondary N) is 1. The van der Waals surface area contributed by atoms with Gasteiger partial charge in [0, 0.05) is 16.2 Å². The molecule has 1 nitrogen and oxygen atoms in total. The summed E-state index contributed by atoms with van der Waals surface area (Å²) in [6, 6.07) is 19.4. The van der Waals surface area contributed by atoms with Crippen LogP contribution in [0.3, 0.4) is 0 Å². The van der Waals surface area contributed by atoms with Crippen LogP contribution in [0.25, 0.3) is 0 Å². The maximum absolute atomic E-state index is 3.52. The minimum Gasteiger partial charge on any atom is -0.383 e. The lowest BCUT2D eigenvalue weighted by molar-refractivity contribution is 0.706. The smallest absolute Gasteiger partial charge is 0.0342 e. The summed E-state index contributed by atoms with van der Waals surface area (Å²) in [6.07, 6.45) is 2.26. The van der Waals surface area contributed by atoms with E-state index < -0.39 is 0 Å². The Bertz CT molecular complexity index is 464. The van der Waals surface area contributed by atoms with E-state index in [4.69, 9.17) is 0 Å². The highest BCUT2D eigenvalue weighted by Crippen LogP contribution is 2.16. The van der Waals surface area contributed by atoms with Crippen molar-refractivity contribution in [2.75, 3.05) is 5.32 Å². The standard InChI is InChI=1S/C16H18BrN/c1-13(7-8-14-5-3-2-4-6-14)18-16-11-9-15(17)10-12-16/h2-6,9-13,18H,7-8H2,1H3. The Kier molecular flexibility index (Phi) is 4.82. The predicted molar refractivity (Wildman–Crippen MR) is 82.0 cm³/mol. The van der Waals surface area contributed by atoms with E-state index in [9.17, 15) is 0 Å². The number of benzene rings is 2. The Balaban J connectivity index is 1.82. The molecule has 1 N–H and O–H groups in total. The van der Waals surface area contributed by atoms with Crippen molar-refractivity contribution in [2.45, 2.75) is 25.8 Å².